The van der Waals surface area contributed by atoms with Gasteiger partial charge >= 0.3 is 0 Å². The lowest BCUT2D eigenvalue weighted by Crippen LogP contribution is -1.75. The van der Waals surface area contributed by atoms with Gasteiger partial charge in [-0.05, 0) is 6.07 Å². The highest BCUT2D eigenvalue weighted by atomic mass is 16.3. The zero-order valence-corrected chi connectivity index (χ0v) is 6.24. The van der Waals surface area contributed by atoms with E-state index in [0.29, 0.717) is 0 Å². The third-order valence-electron chi connectivity index (χ3n) is 1.54. The molecule has 0 amide bonds. The normalized spacial score (nSPS) is 10.6. The van der Waals surface area contributed by atoms with Crippen LogP contribution in [0.25, 0.3) is 11.1 Å². The van der Waals surface area contributed by atoms with Crippen molar-refractivity contribution in [3.63, 3.8) is 0 Å². The maximum absolute atomic E-state index is 5.34. The molecule has 0 radical (unpaired) electrons. The maximum atomic E-state index is 5.34. The number of fused-ring (bicyclic) bond motifs is 1. The molecule has 2 aromatic rings. The van der Waals surface area contributed by atoms with Crippen LogP contribution < -0.4 is 0 Å². The fourth-order valence-corrected chi connectivity index (χ4v) is 0.979. The predicted octanol–water partition coefficient (Wildman–Crippen LogP) is 1.79. The van der Waals surface area contributed by atoms with Gasteiger partial charge in [0.25, 0.3) is 0 Å². The lowest BCUT2D eigenvalue weighted by atomic mass is 10.4. The van der Waals surface area contributed by atoms with E-state index in [1.807, 2.05) is 13.0 Å². The monoisotopic (exact) mass is 148 g/mol. The number of hydrogen-bond donors (Lipinski definition) is 0. The van der Waals surface area contributed by atoms with Gasteiger partial charge in [-0.15, -0.1) is 0 Å². The topological polar surface area (TPSA) is 38.9 Å². The lowest BCUT2D eigenvalue weighted by Gasteiger charge is -1.80. The summed E-state index contributed by atoms with van der Waals surface area (Å²) < 4.78 is 5.34. The van der Waals surface area contributed by atoms with Crippen molar-refractivity contribution in [2.45, 2.75) is 13.3 Å². The van der Waals surface area contributed by atoms with Crippen LogP contribution in [-0.2, 0) is 6.42 Å². The van der Waals surface area contributed by atoms with Crippen LogP contribution in [0.4, 0.5) is 0 Å². The van der Waals surface area contributed by atoms with Crippen LogP contribution in [0.5, 0.6) is 0 Å². The van der Waals surface area contributed by atoms with E-state index in [-0.39, 0.29) is 0 Å². The van der Waals surface area contributed by atoms with Gasteiger partial charge in [-0.2, -0.15) is 0 Å². The molecule has 0 aliphatic heterocycles. The molecule has 3 heteroatoms. The summed E-state index contributed by atoms with van der Waals surface area (Å²) in [6.07, 6.45) is 4.22. The molecule has 0 aliphatic carbocycles. The number of hydrogen-bond acceptors (Lipinski definition) is 3. The second kappa shape index (κ2) is 2.34. The second-order valence-electron chi connectivity index (χ2n) is 2.30. The minimum Gasteiger partial charge on any atom is -0.439 e. The van der Waals surface area contributed by atoms with Gasteiger partial charge in [-0.3, -0.25) is 4.98 Å². The van der Waals surface area contributed by atoms with Crippen molar-refractivity contribution in [1.82, 2.24) is 9.97 Å². The number of nitrogens with zero attached hydrogens (tertiary/aromatic N) is 2. The van der Waals surface area contributed by atoms with Crippen LogP contribution in [0.1, 0.15) is 12.8 Å². The van der Waals surface area contributed by atoms with Crippen molar-refractivity contribution in [2.75, 3.05) is 0 Å². The molecule has 2 aromatic heterocycles. The molecule has 0 bridgehead atoms. The van der Waals surface area contributed by atoms with Gasteiger partial charge in [-0.1, -0.05) is 6.92 Å². The molecule has 0 atom stereocenters. The van der Waals surface area contributed by atoms with Crippen molar-refractivity contribution < 1.29 is 4.42 Å². The summed E-state index contributed by atoms with van der Waals surface area (Å²) in [6.45, 7) is 2.01. The van der Waals surface area contributed by atoms with Gasteiger partial charge in [0.2, 0.25) is 0 Å². The Bertz CT molecular complexity index is 334. The van der Waals surface area contributed by atoms with E-state index in [2.05, 4.69) is 9.97 Å². The molecule has 0 aliphatic rings. The number of rotatable bonds is 1. The van der Waals surface area contributed by atoms with E-state index in [0.717, 1.165) is 23.4 Å². The van der Waals surface area contributed by atoms with E-state index < -0.39 is 0 Å². The van der Waals surface area contributed by atoms with Gasteiger partial charge in [0, 0.05) is 12.6 Å². The largest absolute Gasteiger partial charge is 0.439 e. The Hall–Kier alpha value is -1.38. The minimum atomic E-state index is 0.768. The Morgan fingerprint density at radius 1 is 1.55 bits per heavy atom. The Morgan fingerprint density at radius 2 is 2.45 bits per heavy atom. The molecular formula is C8H8N2O. The Kier molecular flexibility index (Phi) is 1.35. The van der Waals surface area contributed by atoms with E-state index in [1.54, 1.807) is 12.4 Å². The number of pyridine rings is 1. The molecule has 3 nitrogen and oxygen atoms in total. The zero-order valence-electron chi connectivity index (χ0n) is 6.24. The molecule has 11 heavy (non-hydrogen) atoms. The third-order valence-corrected chi connectivity index (χ3v) is 1.54. The van der Waals surface area contributed by atoms with Gasteiger partial charge in [0.1, 0.15) is 5.52 Å². The Morgan fingerprint density at radius 3 is 3.18 bits per heavy atom. The molecular weight excluding hydrogens is 140 g/mol. The van der Waals surface area contributed by atoms with E-state index in [1.165, 1.54) is 0 Å². The smallest absolute Gasteiger partial charge is 0.195 e. The molecule has 0 N–H and O–H groups in total. The summed E-state index contributed by atoms with van der Waals surface area (Å²) in [5.74, 6) is 0.771. The fraction of sp³-hybridized carbons (Fsp3) is 0.250. The Balaban J connectivity index is 2.69. The number of oxazole rings is 1. The highest BCUT2D eigenvalue weighted by molar-refractivity contribution is 5.70. The summed E-state index contributed by atoms with van der Waals surface area (Å²) in [6, 6.07) is 1.85. The van der Waals surface area contributed by atoms with Crippen LogP contribution >= 0.6 is 0 Å². The van der Waals surface area contributed by atoms with E-state index >= 15 is 0 Å². The molecule has 0 fully saturated rings. The number of aryl methyl sites for hydroxylation is 1. The third kappa shape index (κ3) is 0.981. The second-order valence-corrected chi connectivity index (χ2v) is 2.30. The van der Waals surface area contributed by atoms with Crippen molar-refractivity contribution >= 4 is 11.1 Å². The number of aromatic nitrogens is 2. The first-order valence-electron chi connectivity index (χ1n) is 3.59. The SMILES string of the molecule is CCc1nc2ccncc2o1. The van der Waals surface area contributed by atoms with E-state index in [9.17, 15) is 0 Å². The van der Waals surface area contributed by atoms with Gasteiger partial charge < -0.3 is 4.42 Å². The quantitative estimate of drug-likeness (QED) is 0.618. The van der Waals surface area contributed by atoms with Crippen molar-refractivity contribution in [2.24, 2.45) is 0 Å². The first-order chi connectivity index (χ1) is 5.40. The molecule has 0 unspecified atom stereocenters. The van der Waals surface area contributed by atoms with Crippen LogP contribution in [0.2, 0.25) is 0 Å². The average Bonchev–Trinajstić information content (AvgIpc) is 2.46. The molecule has 0 spiro atoms. The molecule has 0 saturated heterocycles. The minimum absolute atomic E-state index is 0.768. The van der Waals surface area contributed by atoms with Gasteiger partial charge in [0.05, 0.1) is 6.20 Å². The van der Waals surface area contributed by atoms with E-state index in [4.69, 9.17) is 4.42 Å². The standard InChI is InChI=1S/C8H8N2O/c1-2-8-10-6-3-4-9-5-7(6)11-8/h3-5H,2H2,1H3. The first kappa shape index (κ1) is 6.34. The summed E-state index contributed by atoms with van der Waals surface area (Å²) in [5.41, 5.74) is 1.65. The summed E-state index contributed by atoms with van der Waals surface area (Å²) in [4.78, 5) is 8.15. The lowest BCUT2D eigenvalue weighted by molar-refractivity contribution is 0.537. The highest BCUT2D eigenvalue weighted by Crippen LogP contribution is 2.12. The van der Waals surface area contributed by atoms with Crippen LogP contribution in [0.3, 0.4) is 0 Å². The van der Waals surface area contributed by atoms with Gasteiger partial charge in [0.15, 0.2) is 11.5 Å². The van der Waals surface area contributed by atoms with Crippen LogP contribution in [0.15, 0.2) is 22.9 Å². The predicted molar refractivity (Wildman–Crippen MR) is 41.2 cm³/mol. The first-order valence-corrected chi connectivity index (χ1v) is 3.59. The fourth-order valence-electron chi connectivity index (χ4n) is 0.979. The summed E-state index contributed by atoms with van der Waals surface area (Å²) >= 11 is 0. The van der Waals surface area contributed by atoms with Crippen molar-refractivity contribution in [3.05, 3.63) is 24.4 Å². The molecule has 2 rings (SSSR count). The van der Waals surface area contributed by atoms with Crippen molar-refractivity contribution in [1.29, 1.82) is 0 Å². The highest BCUT2D eigenvalue weighted by Gasteiger charge is 2.01. The zero-order chi connectivity index (χ0) is 7.68. The molecule has 2 heterocycles. The van der Waals surface area contributed by atoms with Gasteiger partial charge in [-0.25, -0.2) is 4.98 Å². The summed E-state index contributed by atoms with van der Waals surface area (Å²) in [5, 5.41) is 0. The summed E-state index contributed by atoms with van der Waals surface area (Å²) in [7, 11) is 0. The maximum Gasteiger partial charge on any atom is 0.195 e. The Labute approximate surface area is 64.1 Å². The van der Waals surface area contributed by atoms with Crippen molar-refractivity contribution in [3.8, 4) is 0 Å². The average molecular weight is 148 g/mol. The van der Waals surface area contributed by atoms with Crippen LogP contribution in [-0.4, -0.2) is 9.97 Å². The molecule has 0 aromatic carbocycles. The molecule has 56 valence electrons. The molecule has 0 saturated carbocycles. The van der Waals surface area contributed by atoms with Crippen LogP contribution in [0, 0.1) is 0 Å².